The SMILES string of the molecule is O=C(CN(CCO)CCO)Nc1nnc(-c2ccc(F)cc2)o1. The van der Waals surface area contributed by atoms with Crippen molar-refractivity contribution in [1.82, 2.24) is 15.1 Å². The molecule has 0 aliphatic rings. The van der Waals surface area contributed by atoms with Gasteiger partial charge in [-0.25, -0.2) is 4.39 Å². The van der Waals surface area contributed by atoms with Gasteiger partial charge in [0.25, 0.3) is 0 Å². The third kappa shape index (κ3) is 5.09. The fourth-order valence-electron chi connectivity index (χ4n) is 1.90. The van der Waals surface area contributed by atoms with Crippen molar-refractivity contribution in [2.75, 3.05) is 38.2 Å². The summed E-state index contributed by atoms with van der Waals surface area (Å²) in [5, 5.41) is 27.7. The molecule has 0 unspecified atom stereocenters. The molecule has 0 atom stereocenters. The highest BCUT2D eigenvalue weighted by molar-refractivity contribution is 5.90. The van der Waals surface area contributed by atoms with E-state index in [4.69, 9.17) is 14.6 Å². The number of nitrogens with one attached hydrogen (secondary N) is 1. The van der Waals surface area contributed by atoms with Gasteiger partial charge in [-0.2, -0.15) is 0 Å². The Hall–Kier alpha value is -2.36. The van der Waals surface area contributed by atoms with E-state index in [0.717, 1.165) is 0 Å². The normalized spacial score (nSPS) is 11.0. The van der Waals surface area contributed by atoms with E-state index < -0.39 is 5.91 Å². The summed E-state index contributed by atoms with van der Waals surface area (Å²) in [6.45, 7) is 0.248. The lowest BCUT2D eigenvalue weighted by atomic mass is 10.2. The van der Waals surface area contributed by atoms with Gasteiger partial charge in [-0.05, 0) is 24.3 Å². The van der Waals surface area contributed by atoms with Crippen LogP contribution in [0, 0.1) is 5.82 Å². The van der Waals surface area contributed by atoms with E-state index in [0.29, 0.717) is 5.56 Å². The van der Waals surface area contributed by atoms with Crippen molar-refractivity contribution in [2.45, 2.75) is 0 Å². The van der Waals surface area contributed by atoms with Gasteiger partial charge in [0.2, 0.25) is 11.8 Å². The Morgan fingerprint density at radius 1 is 1.17 bits per heavy atom. The first-order valence-corrected chi connectivity index (χ1v) is 6.95. The topological polar surface area (TPSA) is 112 Å². The van der Waals surface area contributed by atoms with Crippen LogP contribution in [0.2, 0.25) is 0 Å². The van der Waals surface area contributed by atoms with Gasteiger partial charge in [-0.15, -0.1) is 5.10 Å². The van der Waals surface area contributed by atoms with Crippen LogP contribution in [-0.2, 0) is 4.79 Å². The van der Waals surface area contributed by atoms with Crippen LogP contribution in [0.25, 0.3) is 11.5 Å². The monoisotopic (exact) mass is 324 g/mol. The first kappa shape index (κ1) is 17.0. The van der Waals surface area contributed by atoms with Crippen molar-refractivity contribution in [3.8, 4) is 11.5 Å². The minimum Gasteiger partial charge on any atom is -0.403 e. The van der Waals surface area contributed by atoms with Crippen LogP contribution in [0.5, 0.6) is 0 Å². The molecule has 1 aromatic heterocycles. The highest BCUT2D eigenvalue weighted by atomic mass is 19.1. The Morgan fingerprint density at radius 3 is 2.43 bits per heavy atom. The molecule has 2 aromatic rings. The molecule has 23 heavy (non-hydrogen) atoms. The Kier molecular flexibility index (Phi) is 6.15. The number of aliphatic hydroxyl groups excluding tert-OH is 2. The van der Waals surface area contributed by atoms with Crippen molar-refractivity contribution in [3.63, 3.8) is 0 Å². The standard InChI is InChI=1S/C14H17FN4O4/c15-11-3-1-10(2-4-11)13-17-18-14(23-13)16-12(22)9-19(5-7-20)6-8-21/h1-4,20-21H,5-9H2,(H,16,18,22). The highest BCUT2D eigenvalue weighted by Crippen LogP contribution is 2.19. The summed E-state index contributed by atoms with van der Waals surface area (Å²) in [5.74, 6) is -0.640. The van der Waals surface area contributed by atoms with Crippen LogP contribution in [0.1, 0.15) is 0 Å². The van der Waals surface area contributed by atoms with Gasteiger partial charge in [0.1, 0.15) is 5.82 Å². The number of aliphatic hydroxyl groups is 2. The molecule has 8 nitrogen and oxygen atoms in total. The first-order valence-electron chi connectivity index (χ1n) is 6.95. The summed E-state index contributed by atoms with van der Waals surface area (Å²) in [6.07, 6.45) is 0. The Bertz CT molecular complexity index is 626. The van der Waals surface area contributed by atoms with Crippen LogP contribution < -0.4 is 5.32 Å². The van der Waals surface area contributed by atoms with Crippen LogP contribution in [0.15, 0.2) is 28.7 Å². The number of halogens is 1. The van der Waals surface area contributed by atoms with Gasteiger partial charge >= 0.3 is 6.01 Å². The average Bonchev–Trinajstić information content (AvgIpc) is 2.96. The fraction of sp³-hybridized carbons (Fsp3) is 0.357. The lowest BCUT2D eigenvalue weighted by molar-refractivity contribution is -0.117. The number of rotatable bonds is 8. The van der Waals surface area contributed by atoms with Crippen molar-refractivity contribution in [3.05, 3.63) is 30.1 Å². The third-order valence-electron chi connectivity index (χ3n) is 2.96. The summed E-state index contributed by atoms with van der Waals surface area (Å²) >= 11 is 0. The molecule has 1 heterocycles. The van der Waals surface area contributed by atoms with Gasteiger partial charge < -0.3 is 14.6 Å². The van der Waals surface area contributed by atoms with Crippen molar-refractivity contribution >= 4 is 11.9 Å². The van der Waals surface area contributed by atoms with E-state index in [9.17, 15) is 9.18 Å². The summed E-state index contributed by atoms with van der Waals surface area (Å²) in [5.41, 5.74) is 0.529. The van der Waals surface area contributed by atoms with E-state index in [1.54, 1.807) is 4.90 Å². The van der Waals surface area contributed by atoms with Crippen LogP contribution in [-0.4, -0.2) is 64.1 Å². The van der Waals surface area contributed by atoms with Crippen molar-refractivity contribution in [1.29, 1.82) is 0 Å². The maximum absolute atomic E-state index is 12.9. The minimum absolute atomic E-state index is 0.0324. The Labute approximate surface area is 131 Å². The average molecular weight is 324 g/mol. The number of anilines is 1. The molecule has 0 saturated heterocycles. The van der Waals surface area contributed by atoms with Gasteiger partial charge in [0.15, 0.2) is 0 Å². The van der Waals surface area contributed by atoms with E-state index >= 15 is 0 Å². The quantitative estimate of drug-likeness (QED) is 0.631. The number of amides is 1. The molecule has 0 spiro atoms. The zero-order valence-corrected chi connectivity index (χ0v) is 12.3. The number of aromatic nitrogens is 2. The molecule has 1 aromatic carbocycles. The molecule has 1 amide bonds. The predicted molar refractivity (Wildman–Crippen MR) is 78.9 cm³/mol. The van der Waals surface area contributed by atoms with E-state index in [-0.39, 0.29) is 50.6 Å². The number of carbonyl (C=O) groups excluding carboxylic acids is 1. The van der Waals surface area contributed by atoms with Crippen LogP contribution in [0.4, 0.5) is 10.4 Å². The molecule has 0 bridgehead atoms. The maximum atomic E-state index is 12.9. The largest absolute Gasteiger partial charge is 0.403 e. The number of benzene rings is 1. The van der Waals surface area contributed by atoms with Crippen LogP contribution >= 0.6 is 0 Å². The molecule has 0 fully saturated rings. The smallest absolute Gasteiger partial charge is 0.322 e. The summed E-state index contributed by atoms with van der Waals surface area (Å²) in [6, 6.07) is 5.42. The summed E-state index contributed by atoms with van der Waals surface area (Å²) in [4.78, 5) is 13.4. The number of carbonyl (C=O) groups is 1. The highest BCUT2D eigenvalue weighted by Gasteiger charge is 2.14. The molecular formula is C14H17FN4O4. The molecule has 3 N–H and O–H groups in total. The number of nitrogens with zero attached hydrogens (tertiary/aromatic N) is 3. The van der Waals surface area contributed by atoms with Crippen molar-refractivity contribution in [2.24, 2.45) is 0 Å². The van der Waals surface area contributed by atoms with Crippen molar-refractivity contribution < 1.29 is 23.8 Å². The van der Waals surface area contributed by atoms with E-state index in [2.05, 4.69) is 15.5 Å². The first-order chi connectivity index (χ1) is 11.1. The Morgan fingerprint density at radius 2 is 1.83 bits per heavy atom. The second-order valence-electron chi connectivity index (χ2n) is 4.69. The van der Waals surface area contributed by atoms with Gasteiger partial charge in [0.05, 0.1) is 19.8 Å². The minimum atomic E-state index is -0.416. The molecule has 0 radical (unpaired) electrons. The molecule has 124 valence electrons. The molecule has 0 aliphatic carbocycles. The maximum Gasteiger partial charge on any atom is 0.322 e. The fourth-order valence-corrected chi connectivity index (χ4v) is 1.90. The number of hydrogen-bond donors (Lipinski definition) is 3. The number of hydrogen-bond acceptors (Lipinski definition) is 7. The van der Waals surface area contributed by atoms with E-state index in [1.807, 2.05) is 0 Å². The summed E-state index contributed by atoms with van der Waals surface area (Å²) < 4.78 is 18.2. The third-order valence-corrected chi connectivity index (χ3v) is 2.96. The molecular weight excluding hydrogens is 307 g/mol. The second kappa shape index (κ2) is 8.32. The lowest BCUT2D eigenvalue weighted by Gasteiger charge is -2.18. The predicted octanol–water partition coefficient (Wildman–Crippen LogP) is 0.101. The molecule has 0 aliphatic heterocycles. The zero-order valence-electron chi connectivity index (χ0n) is 12.3. The lowest BCUT2D eigenvalue weighted by Crippen LogP contribution is -2.37. The molecule has 0 saturated carbocycles. The second-order valence-corrected chi connectivity index (χ2v) is 4.69. The van der Waals surface area contributed by atoms with Gasteiger partial charge in [-0.1, -0.05) is 5.10 Å². The molecule has 9 heteroatoms. The van der Waals surface area contributed by atoms with E-state index in [1.165, 1.54) is 24.3 Å². The summed E-state index contributed by atoms with van der Waals surface area (Å²) in [7, 11) is 0. The van der Waals surface area contributed by atoms with Gasteiger partial charge in [-0.3, -0.25) is 15.0 Å². The zero-order chi connectivity index (χ0) is 16.7. The Balaban J connectivity index is 1.95. The molecule has 2 rings (SSSR count). The van der Waals surface area contributed by atoms with Crippen LogP contribution in [0.3, 0.4) is 0 Å². The van der Waals surface area contributed by atoms with Gasteiger partial charge in [0, 0.05) is 18.7 Å².